The summed E-state index contributed by atoms with van der Waals surface area (Å²) in [6.07, 6.45) is 3.87. The Balaban J connectivity index is 1.24. The summed E-state index contributed by atoms with van der Waals surface area (Å²) in [6, 6.07) is 12.0. The fraction of sp³-hybridized carbons (Fsp3) is 0.645. The quantitative estimate of drug-likeness (QED) is 0.315. The Labute approximate surface area is 238 Å². The average molecular weight is 548 g/mol. The molecule has 5 aliphatic rings. The maximum absolute atomic E-state index is 13.2. The van der Waals surface area contributed by atoms with Crippen LogP contribution in [-0.2, 0) is 25.3 Å². The standard InChI is InChI=1S/C31H42BN3O5/c1-29(2,3)16-21(18-33)27(36)35-13-12-23(19-35)38-28(37)34-25(14-20-10-8-7-9-11-20)32-39-26-24-15-22(30(24,4)5)17-31(26,6)40-32/h7-11,16,22-26H,12-15,17,19H2,1-6H3,(H,34,37)/b21-16+/t22-,23-,24+,25-,26?,31+/m0/s1. The van der Waals surface area contributed by atoms with Crippen molar-refractivity contribution < 1.29 is 23.6 Å². The molecule has 2 bridgehead atoms. The molecule has 1 aromatic rings. The lowest BCUT2D eigenvalue weighted by molar-refractivity contribution is -0.185. The lowest BCUT2D eigenvalue weighted by Gasteiger charge is -2.63. The topological polar surface area (TPSA) is 101 Å². The van der Waals surface area contributed by atoms with E-state index in [1.54, 1.807) is 11.0 Å². The zero-order chi connectivity index (χ0) is 28.9. The Morgan fingerprint density at radius 2 is 2.00 bits per heavy atom. The van der Waals surface area contributed by atoms with Gasteiger partial charge in [-0.25, -0.2) is 4.79 Å². The minimum atomic E-state index is -0.583. The summed E-state index contributed by atoms with van der Waals surface area (Å²) in [7, 11) is -0.583. The largest absolute Gasteiger partial charge is 0.482 e. The van der Waals surface area contributed by atoms with Crippen LogP contribution in [-0.4, -0.2) is 60.9 Å². The number of ether oxygens (including phenoxy) is 1. The number of nitrogens with zero attached hydrogens (tertiary/aromatic N) is 2. The van der Waals surface area contributed by atoms with Gasteiger partial charge in [-0.15, -0.1) is 0 Å². The summed E-state index contributed by atoms with van der Waals surface area (Å²) < 4.78 is 19.0. The number of nitrogens with one attached hydrogen (secondary N) is 1. The van der Waals surface area contributed by atoms with Gasteiger partial charge < -0.3 is 24.3 Å². The number of carbonyl (C=O) groups excluding carboxylic acids is 2. The molecule has 1 unspecified atom stereocenters. The van der Waals surface area contributed by atoms with E-state index in [1.165, 1.54) is 0 Å². The third-order valence-corrected chi connectivity index (χ3v) is 9.40. The second kappa shape index (κ2) is 10.5. The second-order valence-corrected chi connectivity index (χ2v) is 14.0. The summed E-state index contributed by atoms with van der Waals surface area (Å²) in [6.45, 7) is 13.3. The number of benzene rings is 1. The van der Waals surface area contributed by atoms with Crippen molar-refractivity contribution in [2.24, 2.45) is 22.7 Å². The number of hydrogen-bond donors (Lipinski definition) is 1. The highest BCUT2D eigenvalue weighted by Crippen LogP contribution is 2.64. The average Bonchev–Trinajstić information content (AvgIpc) is 3.50. The summed E-state index contributed by atoms with van der Waals surface area (Å²) >= 11 is 0. The second-order valence-electron chi connectivity index (χ2n) is 14.0. The lowest BCUT2D eigenvalue weighted by Crippen LogP contribution is -2.63. The van der Waals surface area contributed by atoms with Crippen molar-refractivity contribution in [3.05, 3.63) is 47.5 Å². The fourth-order valence-corrected chi connectivity index (χ4v) is 7.09. The van der Waals surface area contributed by atoms with Gasteiger partial charge >= 0.3 is 13.2 Å². The smallest absolute Gasteiger partial charge is 0.444 e. The fourth-order valence-electron chi connectivity index (χ4n) is 7.09. The Morgan fingerprint density at radius 1 is 1.27 bits per heavy atom. The highest BCUT2D eigenvalue weighted by atomic mass is 16.7. The van der Waals surface area contributed by atoms with Gasteiger partial charge in [0.05, 0.1) is 24.2 Å². The van der Waals surface area contributed by atoms with Crippen molar-refractivity contribution in [1.82, 2.24) is 10.2 Å². The molecule has 2 amide bonds. The molecule has 6 atom stereocenters. The normalized spacial score (nSPS) is 31.6. The molecule has 2 heterocycles. The number of allylic oxidation sites excluding steroid dienone is 1. The van der Waals surface area contributed by atoms with Crippen molar-refractivity contribution in [2.45, 2.75) is 91.0 Å². The van der Waals surface area contributed by atoms with Crippen LogP contribution in [0.1, 0.15) is 66.4 Å². The zero-order valence-electron chi connectivity index (χ0n) is 24.6. The van der Waals surface area contributed by atoms with E-state index < -0.39 is 25.3 Å². The van der Waals surface area contributed by atoms with E-state index in [0.29, 0.717) is 31.2 Å². The predicted octanol–water partition coefficient (Wildman–Crippen LogP) is 4.69. The van der Waals surface area contributed by atoms with Gasteiger partial charge in [0.15, 0.2) is 0 Å². The van der Waals surface area contributed by atoms with Crippen LogP contribution in [0.15, 0.2) is 42.0 Å². The van der Waals surface area contributed by atoms with Gasteiger partial charge in [-0.2, -0.15) is 5.26 Å². The van der Waals surface area contributed by atoms with Gasteiger partial charge in [0.1, 0.15) is 17.7 Å². The Kier molecular flexibility index (Phi) is 7.56. The predicted molar refractivity (Wildman–Crippen MR) is 152 cm³/mol. The van der Waals surface area contributed by atoms with E-state index >= 15 is 0 Å². The van der Waals surface area contributed by atoms with Crippen LogP contribution in [0.25, 0.3) is 0 Å². The van der Waals surface area contributed by atoms with E-state index in [0.717, 1.165) is 18.4 Å². The van der Waals surface area contributed by atoms with Crippen LogP contribution in [0.4, 0.5) is 4.79 Å². The van der Waals surface area contributed by atoms with Gasteiger partial charge in [0, 0.05) is 13.0 Å². The number of likely N-dealkylation sites (tertiary alicyclic amines) is 1. The molecule has 214 valence electrons. The van der Waals surface area contributed by atoms with E-state index in [-0.39, 0.29) is 40.6 Å². The SMILES string of the molecule is CC(C)(C)/C=C(\C#N)C(=O)N1CC[C@H](OC(=O)N[C@@H](Cc2ccccc2)B2OC3[C@H]4C[C@@H](C[C@@]3(C)O2)C4(C)C)C1. The molecule has 2 aliphatic heterocycles. The molecule has 6 rings (SSSR count). The first kappa shape index (κ1) is 28.7. The van der Waals surface area contributed by atoms with Crippen molar-refractivity contribution >= 4 is 19.1 Å². The Hall–Kier alpha value is -2.83. The zero-order valence-corrected chi connectivity index (χ0v) is 24.6. The van der Waals surface area contributed by atoms with Crippen LogP contribution < -0.4 is 5.32 Å². The van der Waals surface area contributed by atoms with Crippen LogP contribution in [0.3, 0.4) is 0 Å². The van der Waals surface area contributed by atoms with Crippen LogP contribution in [0.5, 0.6) is 0 Å². The molecule has 0 aromatic heterocycles. The molecule has 1 aromatic carbocycles. The molecule has 0 radical (unpaired) electrons. The van der Waals surface area contributed by atoms with Gasteiger partial charge in [0.25, 0.3) is 5.91 Å². The molecular weight excluding hydrogens is 505 g/mol. The lowest BCUT2D eigenvalue weighted by atomic mass is 9.45. The van der Waals surface area contributed by atoms with Crippen molar-refractivity contribution in [2.75, 3.05) is 13.1 Å². The van der Waals surface area contributed by atoms with E-state index in [1.807, 2.05) is 57.2 Å². The number of carbonyl (C=O) groups is 2. The Morgan fingerprint density at radius 3 is 2.65 bits per heavy atom. The van der Waals surface area contributed by atoms with Gasteiger partial charge in [-0.05, 0) is 54.4 Å². The summed E-state index contributed by atoms with van der Waals surface area (Å²) in [5.74, 6) is 0.310. The maximum Gasteiger partial charge on any atom is 0.482 e. The number of hydrogen-bond acceptors (Lipinski definition) is 6. The molecular formula is C31H42BN3O5. The van der Waals surface area contributed by atoms with Gasteiger partial charge in [-0.1, -0.05) is 71.0 Å². The van der Waals surface area contributed by atoms with E-state index in [4.69, 9.17) is 14.0 Å². The minimum absolute atomic E-state index is 0.00141. The number of nitriles is 1. The molecule has 0 spiro atoms. The monoisotopic (exact) mass is 547 g/mol. The first-order valence-corrected chi connectivity index (χ1v) is 14.6. The highest BCUT2D eigenvalue weighted by molar-refractivity contribution is 6.47. The minimum Gasteiger partial charge on any atom is -0.444 e. The van der Waals surface area contributed by atoms with E-state index in [2.05, 4.69) is 26.1 Å². The molecule has 40 heavy (non-hydrogen) atoms. The summed E-state index contributed by atoms with van der Waals surface area (Å²) in [5, 5.41) is 12.6. The summed E-state index contributed by atoms with van der Waals surface area (Å²) in [5.41, 5.74) is 0.769. The first-order chi connectivity index (χ1) is 18.8. The van der Waals surface area contributed by atoms with Crippen LogP contribution in [0.2, 0.25) is 0 Å². The maximum atomic E-state index is 13.2. The molecule has 3 saturated carbocycles. The third-order valence-electron chi connectivity index (χ3n) is 9.40. The van der Waals surface area contributed by atoms with E-state index in [9.17, 15) is 14.9 Å². The van der Waals surface area contributed by atoms with Crippen LogP contribution in [0, 0.1) is 34.0 Å². The molecule has 5 fully saturated rings. The molecule has 2 saturated heterocycles. The van der Waals surface area contributed by atoms with Crippen molar-refractivity contribution in [3.63, 3.8) is 0 Å². The molecule has 3 aliphatic carbocycles. The van der Waals surface area contributed by atoms with Crippen molar-refractivity contribution in [3.8, 4) is 6.07 Å². The summed E-state index contributed by atoms with van der Waals surface area (Å²) in [4.78, 5) is 27.7. The van der Waals surface area contributed by atoms with Crippen molar-refractivity contribution in [1.29, 1.82) is 5.26 Å². The highest BCUT2D eigenvalue weighted by Gasteiger charge is 2.67. The number of rotatable bonds is 6. The Bertz CT molecular complexity index is 1210. The van der Waals surface area contributed by atoms with Gasteiger partial charge in [0.2, 0.25) is 0 Å². The first-order valence-electron chi connectivity index (χ1n) is 14.6. The molecule has 8 nitrogen and oxygen atoms in total. The number of amides is 2. The van der Waals surface area contributed by atoms with Crippen LogP contribution >= 0.6 is 0 Å². The molecule has 9 heteroatoms. The van der Waals surface area contributed by atoms with Gasteiger partial charge in [-0.3, -0.25) is 4.79 Å². The number of alkyl carbamates (subject to hydrolysis) is 1. The third kappa shape index (κ3) is 5.66. The molecule has 1 N–H and O–H groups in total.